The molecule has 2 heterocycles. The number of amides is 1. The van der Waals surface area contributed by atoms with E-state index in [1.807, 2.05) is 11.8 Å². The number of nitrogens with one attached hydrogen (secondary N) is 1. The molecule has 9 heteroatoms. The van der Waals surface area contributed by atoms with Crippen LogP contribution in [-0.2, 0) is 22.5 Å². The highest BCUT2D eigenvalue weighted by molar-refractivity contribution is 6.32. The van der Waals surface area contributed by atoms with E-state index in [9.17, 15) is 9.59 Å². The van der Waals surface area contributed by atoms with Crippen LogP contribution in [0.3, 0.4) is 0 Å². The molecule has 28 heavy (non-hydrogen) atoms. The molecule has 0 radical (unpaired) electrons. The molecule has 150 valence electrons. The van der Waals surface area contributed by atoms with E-state index in [0.29, 0.717) is 60.8 Å². The Balaban J connectivity index is 1.83. The van der Waals surface area contributed by atoms with E-state index >= 15 is 0 Å². The number of anilines is 2. The topological polar surface area (TPSA) is 85.7 Å². The van der Waals surface area contributed by atoms with Crippen molar-refractivity contribution in [1.29, 1.82) is 0 Å². The number of hydrogen-bond acceptors (Lipinski definition) is 6. The third kappa shape index (κ3) is 4.63. The molecule has 1 aliphatic rings. The van der Waals surface area contributed by atoms with Crippen molar-refractivity contribution in [1.82, 2.24) is 9.55 Å². The minimum Gasteiger partial charge on any atom is -0.495 e. The second kappa shape index (κ2) is 9.07. The summed E-state index contributed by atoms with van der Waals surface area (Å²) in [4.78, 5) is 31.8. The number of methoxy groups -OCH3 is 1. The van der Waals surface area contributed by atoms with Gasteiger partial charge in [-0.25, -0.2) is 4.98 Å². The lowest BCUT2D eigenvalue weighted by Gasteiger charge is -2.29. The number of nitrogens with zero attached hydrogens (tertiary/aromatic N) is 3. The Bertz CT molecular complexity index is 909. The maximum absolute atomic E-state index is 12.6. The summed E-state index contributed by atoms with van der Waals surface area (Å²) < 4.78 is 11.9. The zero-order valence-corrected chi connectivity index (χ0v) is 16.7. The maximum Gasteiger partial charge on any atom is 0.255 e. The summed E-state index contributed by atoms with van der Waals surface area (Å²) in [7, 11) is 1.52. The fourth-order valence-electron chi connectivity index (χ4n) is 2.96. The first-order valence-corrected chi connectivity index (χ1v) is 9.46. The van der Waals surface area contributed by atoms with Crippen molar-refractivity contribution in [2.45, 2.75) is 19.9 Å². The number of hydrogen-bond donors (Lipinski definition) is 1. The first-order valence-electron chi connectivity index (χ1n) is 9.08. The number of carbonyl (C=O) groups excluding carboxylic acids is 1. The highest BCUT2D eigenvalue weighted by atomic mass is 35.5. The molecule has 3 rings (SSSR count). The molecule has 8 nitrogen and oxygen atoms in total. The number of aromatic nitrogens is 2. The van der Waals surface area contributed by atoms with E-state index in [1.165, 1.54) is 17.7 Å². The normalized spacial score (nSPS) is 14.0. The van der Waals surface area contributed by atoms with E-state index < -0.39 is 0 Å². The Kier molecular flexibility index (Phi) is 6.53. The van der Waals surface area contributed by atoms with Gasteiger partial charge < -0.3 is 19.7 Å². The number of morpholine rings is 1. The lowest BCUT2D eigenvalue weighted by Crippen LogP contribution is -2.42. The predicted octanol–water partition coefficient (Wildman–Crippen LogP) is 1.94. The van der Waals surface area contributed by atoms with Gasteiger partial charge in [0.05, 0.1) is 25.3 Å². The quantitative estimate of drug-likeness (QED) is 0.789. The van der Waals surface area contributed by atoms with Crippen molar-refractivity contribution in [2.24, 2.45) is 0 Å². The van der Waals surface area contributed by atoms with Gasteiger partial charge in [-0.05, 0) is 24.6 Å². The summed E-state index contributed by atoms with van der Waals surface area (Å²) in [5.74, 6) is 0.671. The third-order valence-corrected chi connectivity index (χ3v) is 4.73. The number of rotatable bonds is 6. The van der Waals surface area contributed by atoms with Crippen LogP contribution in [-0.4, -0.2) is 48.9 Å². The average Bonchev–Trinajstić information content (AvgIpc) is 2.70. The smallest absolute Gasteiger partial charge is 0.255 e. The van der Waals surface area contributed by atoms with E-state index in [1.54, 1.807) is 18.2 Å². The molecule has 0 bridgehead atoms. The Morgan fingerprint density at radius 2 is 2.07 bits per heavy atom. The van der Waals surface area contributed by atoms with Gasteiger partial charge in [-0.15, -0.1) is 0 Å². The van der Waals surface area contributed by atoms with Crippen LogP contribution in [0.1, 0.15) is 12.6 Å². The molecule has 0 unspecified atom stereocenters. The van der Waals surface area contributed by atoms with Gasteiger partial charge in [-0.3, -0.25) is 14.2 Å². The van der Waals surface area contributed by atoms with Crippen LogP contribution in [0.2, 0.25) is 5.02 Å². The highest BCUT2D eigenvalue weighted by Gasteiger charge is 2.20. The maximum atomic E-state index is 12.6. The highest BCUT2D eigenvalue weighted by Crippen LogP contribution is 2.27. The standard InChI is InChI=1S/C19H23ClN4O4/c1-3-13-11-18(26)24(19(22-13)23-6-8-28-9-7-23)12-17(25)21-14-4-5-16(27-2)15(20)10-14/h4-5,10-11H,3,6-9,12H2,1-2H3,(H,21,25). The second-order valence-electron chi connectivity index (χ2n) is 6.32. The zero-order valence-electron chi connectivity index (χ0n) is 15.9. The van der Waals surface area contributed by atoms with Crippen LogP contribution in [0.4, 0.5) is 11.6 Å². The molecular weight excluding hydrogens is 384 g/mol. The van der Waals surface area contributed by atoms with Gasteiger partial charge in [0.15, 0.2) is 0 Å². The summed E-state index contributed by atoms with van der Waals surface area (Å²) in [5.41, 5.74) is 0.969. The molecule has 0 saturated carbocycles. The van der Waals surface area contributed by atoms with E-state index in [2.05, 4.69) is 10.3 Å². The SMILES string of the molecule is CCc1cc(=O)n(CC(=O)Nc2ccc(OC)c(Cl)c2)c(N2CCOCC2)n1. The van der Waals surface area contributed by atoms with Crippen molar-refractivity contribution in [2.75, 3.05) is 43.6 Å². The molecule has 1 amide bonds. The number of carbonyl (C=O) groups is 1. The van der Waals surface area contributed by atoms with Crippen LogP contribution in [0, 0.1) is 0 Å². The van der Waals surface area contributed by atoms with Crippen molar-refractivity contribution in [3.63, 3.8) is 0 Å². The Labute approximate surface area is 168 Å². The fourth-order valence-corrected chi connectivity index (χ4v) is 3.22. The van der Waals surface area contributed by atoms with Crippen LogP contribution < -0.4 is 20.5 Å². The molecule has 1 aromatic heterocycles. The molecule has 1 saturated heterocycles. The number of benzene rings is 1. The lowest BCUT2D eigenvalue weighted by atomic mass is 10.3. The minimum absolute atomic E-state index is 0.147. The zero-order chi connectivity index (χ0) is 20.1. The molecule has 1 aliphatic heterocycles. The van der Waals surface area contributed by atoms with Gasteiger partial charge in [-0.1, -0.05) is 18.5 Å². The predicted molar refractivity (Wildman–Crippen MR) is 108 cm³/mol. The fraction of sp³-hybridized carbons (Fsp3) is 0.421. The van der Waals surface area contributed by atoms with Gasteiger partial charge in [0.2, 0.25) is 11.9 Å². The van der Waals surface area contributed by atoms with Gasteiger partial charge in [-0.2, -0.15) is 0 Å². The molecule has 1 fully saturated rings. The summed E-state index contributed by atoms with van der Waals surface area (Å²) in [6.07, 6.45) is 0.643. The number of halogens is 1. The van der Waals surface area contributed by atoms with Gasteiger partial charge in [0, 0.05) is 30.5 Å². The summed E-state index contributed by atoms with van der Waals surface area (Å²) in [6, 6.07) is 6.43. The monoisotopic (exact) mass is 406 g/mol. The van der Waals surface area contributed by atoms with Crippen molar-refractivity contribution < 1.29 is 14.3 Å². The van der Waals surface area contributed by atoms with Crippen LogP contribution >= 0.6 is 11.6 Å². The molecular formula is C19H23ClN4O4. The molecule has 0 aliphatic carbocycles. The van der Waals surface area contributed by atoms with Crippen molar-refractivity contribution >= 4 is 29.1 Å². The molecule has 1 N–H and O–H groups in total. The van der Waals surface area contributed by atoms with Crippen LogP contribution in [0.15, 0.2) is 29.1 Å². The summed E-state index contributed by atoms with van der Waals surface area (Å²) in [5, 5.41) is 3.15. The molecule has 2 aromatic rings. The Morgan fingerprint density at radius 3 is 2.71 bits per heavy atom. The minimum atomic E-state index is -0.344. The molecule has 0 atom stereocenters. The van der Waals surface area contributed by atoms with Gasteiger partial charge >= 0.3 is 0 Å². The first kappa shape index (κ1) is 20.2. The molecule has 1 aromatic carbocycles. The number of aryl methyl sites for hydroxylation is 1. The van der Waals surface area contributed by atoms with E-state index in [0.717, 1.165) is 0 Å². The van der Waals surface area contributed by atoms with Crippen molar-refractivity contribution in [3.05, 3.63) is 45.3 Å². The summed E-state index contributed by atoms with van der Waals surface area (Å²) in [6.45, 7) is 4.15. The van der Waals surface area contributed by atoms with Gasteiger partial charge in [0.25, 0.3) is 5.56 Å². The summed E-state index contributed by atoms with van der Waals surface area (Å²) >= 11 is 6.10. The third-order valence-electron chi connectivity index (χ3n) is 4.43. The van der Waals surface area contributed by atoms with Crippen LogP contribution in [0.25, 0.3) is 0 Å². The largest absolute Gasteiger partial charge is 0.495 e. The van der Waals surface area contributed by atoms with Gasteiger partial charge in [0.1, 0.15) is 12.3 Å². The van der Waals surface area contributed by atoms with Crippen LogP contribution in [0.5, 0.6) is 5.75 Å². The van der Waals surface area contributed by atoms with E-state index in [-0.39, 0.29) is 18.0 Å². The number of ether oxygens (including phenoxy) is 2. The Hall–Kier alpha value is -2.58. The molecule has 0 spiro atoms. The van der Waals surface area contributed by atoms with Crippen molar-refractivity contribution in [3.8, 4) is 5.75 Å². The van der Waals surface area contributed by atoms with E-state index in [4.69, 9.17) is 21.1 Å². The lowest BCUT2D eigenvalue weighted by molar-refractivity contribution is -0.116. The second-order valence-corrected chi connectivity index (χ2v) is 6.73. The average molecular weight is 407 g/mol. The Morgan fingerprint density at radius 1 is 1.32 bits per heavy atom. The first-order chi connectivity index (χ1) is 13.5.